The van der Waals surface area contributed by atoms with E-state index < -0.39 is 20.0 Å². The second kappa shape index (κ2) is 21.9. The Kier molecular flexibility index (Phi) is 14.9. The summed E-state index contributed by atoms with van der Waals surface area (Å²) in [5, 5.41) is 6.87. The van der Waals surface area contributed by atoms with Crippen LogP contribution in [-0.4, -0.2) is 40.4 Å². The van der Waals surface area contributed by atoms with Crippen molar-refractivity contribution in [1.82, 2.24) is 34.2 Å². The molecule has 0 bridgehead atoms. The Hall–Kier alpha value is -7.10. The molecule has 0 radical (unpaired) electrons. The summed E-state index contributed by atoms with van der Waals surface area (Å²) in [5.74, 6) is 0.577. The molecular formula is C56H53N7O4S2. The molecule has 0 fully saturated rings. The van der Waals surface area contributed by atoms with Gasteiger partial charge in [-0.2, -0.15) is 8.61 Å². The molecule has 7 aromatic carbocycles. The number of pyridine rings is 1. The molecule has 11 nitrogen and oxygen atoms in total. The van der Waals surface area contributed by atoms with Crippen molar-refractivity contribution in [1.29, 1.82) is 0 Å². The van der Waals surface area contributed by atoms with E-state index in [0.29, 0.717) is 32.0 Å². The first-order chi connectivity index (χ1) is 33.7. The van der Waals surface area contributed by atoms with Gasteiger partial charge in [-0.05, 0) is 99.1 Å². The lowest BCUT2D eigenvalue weighted by molar-refractivity contribution is 0.393. The maximum Gasteiger partial charge on any atom is 0.243 e. The fraction of sp³-hybridized carbons (Fsp3) is 0.143. The zero-order valence-electron chi connectivity index (χ0n) is 38.0. The van der Waals surface area contributed by atoms with E-state index in [2.05, 4.69) is 55.9 Å². The molecule has 2 aromatic heterocycles. The number of rotatable bonds is 21. The lowest BCUT2D eigenvalue weighted by Crippen LogP contribution is -2.30. The summed E-state index contributed by atoms with van der Waals surface area (Å²) in [4.78, 5) is 12.7. The number of hydrogen-bond acceptors (Lipinski definition) is 8. The Morgan fingerprint density at radius 3 is 1.48 bits per heavy atom. The van der Waals surface area contributed by atoms with Crippen LogP contribution in [0.25, 0.3) is 22.2 Å². The number of hydrogen-bond donors (Lipinski definition) is 3. The highest BCUT2D eigenvalue weighted by Crippen LogP contribution is 2.27. The number of sulfonamides is 2. The molecule has 13 heteroatoms. The van der Waals surface area contributed by atoms with Gasteiger partial charge in [0.25, 0.3) is 0 Å². The average molecular weight is 952 g/mol. The fourth-order valence-corrected chi connectivity index (χ4v) is 11.0. The molecule has 0 atom stereocenters. The third kappa shape index (κ3) is 12.1. The van der Waals surface area contributed by atoms with Gasteiger partial charge in [0.2, 0.25) is 20.0 Å². The zero-order chi connectivity index (χ0) is 47.5. The van der Waals surface area contributed by atoms with E-state index in [1.165, 1.54) is 4.31 Å². The van der Waals surface area contributed by atoms with Gasteiger partial charge >= 0.3 is 0 Å². The van der Waals surface area contributed by atoms with Crippen LogP contribution in [0.4, 0.5) is 0 Å². The van der Waals surface area contributed by atoms with Crippen molar-refractivity contribution in [2.75, 3.05) is 0 Å². The molecule has 0 aliphatic rings. The monoisotopic (exact) mass is 951 g/mol. The molecule has 9 aromatic rings. The molecule has 0 aliphatic carbocycles. The topological polar surface area (TPSA) is 140 Å². The summed E-state index contributed by atoms with van der Waals surface area (Å²) in [5.41, 5.74) is 10.3. The second-order valence-corrected chi connectivity index (χ2v) is 20.8. The number of nitrogens with one attached hydrogen (secondary N) is 3. The SMILES string of the molecule is O=S(=O)(c1ccc(CNCc2ccccn2)cc1)N(Cc1ccccc1)Cc1cccc(-c2ccc(CNCc3ccc(S(=O)(=O)N(Cc4ccccc4)Cc4nc5ccccc5[nH]4)cc3)cc2)c1. The van der Waals surface area contributed by atoms with E-state index in [1.54, 1.807) is 34.8 Å². The van der Waals surface area contributed by atoms with Gasteiger partial charge in [-0.1, -0.05) is 146 Å². The van der Waals surface area contributed by atoms with Crippen molar-refractivity contribution in [2.24, 2.45) is 0 Å². The van der Waals surface area contributed by atoms with E-state index in [1.807, 2.05) is 146 Å². The maximum atomic E-state index is 14.3. The maximum absolute atomic E-state index is 14.3. The highest BCUT2D eigenvalue weighted by molar-refractivity contribution is 7.89. The van der Waals surface area contributed by atoms with E-state index in [-0.39, 0.29) is 36.0 Å². The Balaban J connectivity index is 0.821. The predicted molar refractivity (Wildman–Crippen MR) is 272 cm³/mol. The van der Waals surface area contributed by atoms with Gasteiger partial charge in [0, 0.05) is 52.0 Å². The number of fused-ring (bicyclic) bond motifs is 1. The number of benzene rings is 7. The molecular weight excluding hydrogens is 899 g/mol. The summed E-state index contributed by atoms with van der Waals surface area (Å²) >= 11 is 0. The van der Waals surface area contributed by atoms with Crippen LogP contribution in [-0.2, 0) is 72.4 Å². The van der Waals surface area contributed by atoms with Crippen molar-refractivity contribution in [3.63, 3.8) is 0 Å². The summed E-state index contributed by atoms with van der Waals surface area (Å²) in [6.07, 6.45) is 1.77. The highest BCUT2D eigenvalue weighted by atomic mass is 32.2. The quantitative estimate of drug-likeness (QED) is 0.0647. The molecule has 0 saturated heterocycles. The first-order valence-electron chi connectivity index (χ1n) is 22.8. The first kappa shape index (κ1) is 47.0. The van der Waals surface area contributed by atoms with E-state index in [4.69, 9.17) is 0 Å². The highest BCUT2D eigenvalue weighted by Gasteiger charge is 2.27. The minimum absolute atomic E-state index is 0.0979. The normalized spacial score (nSPS) is 12.0. The molecule has 0 saturated carbocycles. The molecule has 9 rings (SSSR count). The molecule has 3 N–H and O–H groups in total. The standard InChI is InChI=1S/C56H53N7O4S2/c64-68(65,52-29-25-45(26-30-52)37-58-38-51-18-9-10-33-59-51)62(39-46-12-3-1-4-13-46)41-48-16-11-17-50(34-48)49-27-21-43(22-28-49)35-57-36-44-23-31-53(32-24-44)69(66,67)63(40-47-14-5-2-6-15-47)42-56-60-54-19-7-8-20-55(54)61-56/h1-34,57-58H,35-42H2,(H,60,61). The Morgan fingerprint density at radius 1 is 0.420 bits per heavy atom. The average Bonchev–Trinajstić information content (AvgIpc) is 3.80. The molecule has 348 valence electrons. The Morgan fingerprint density at radius 2 is 0.913 bits per heavy atom. The van der Waals surface area contributed by atoms with Gasteiger partial charge in [0.1, 0.15) is 5.82 Å². The van der Waals surface area contributed by atoms with E-state index in [9.17, 15) is 16.8 Å². The smallest absolute Gasteiger partial charge is 0.243 e. The third-order valence-corrected chi connectivity index (χ3v) is 15.5. The number of nitrogens with zero attached hydrogens (tertiary/aromatic N) is 4. The van der Waals surface area contributed by atoms with Gasteiger partial charge in [-0.3, -0.25) is 4.98 Å². The number of imidazole rings is 1. The molecule has 69 heavy (non-hydrogen) atoms. The van der Waals surface area contributed by atoms with Crippen molar-refractivity contribution < 1.29 is 16.8 Å². The van der Waals surface area contributed by atoms with Crippen molar-refractivity contribution in [3.05, 3.63) is 251 Å². The van der Waals surface area contributed by atoms with Gasteiger partial charge in [-0.25, -0.2) is 21.8 Å². The van der Waals surface area contributed by atoms with E-state index in [0.717, 1.165) is 61.2 Å². The van der Waals surface area contributed by atoms with Crippen LogP contribution >= 0.6 is 0 Å². The fourth-order valence-electron chi connectivity index (χ4n) is 8.19. The summed E-state index contributed by atoms with van der Waals surface area (Å²) < 4.78 is 59.9. The van der Waals surface area contributed by atoms with Gasteiger partial charge in [-0.15, -0.1) is 0 Å². The summed E-state index contributed by atoms with van der Waals surface area (Å²) in [6.45, 7) is 3.08. The van der Waals surface area contributed by atoms with Crippen LogP contribution in [0.15, 0.2) is 216 Å². The minimum Gasteiger partial charge on any atom is -0.341 e. The summed E-state index contributed by atoms with van der Waals surface area (Å²) in [7, 11) is -7.74. The number of aromatic amines is 1. The lowest BCUT2D eigenvalue weighted by atomic mass is 10.0. The molecule has 0 aliphatic heterocycles. The van der Waals surface area contributed by atoms with Crippen molar-refractivity contribution in [3.8, 4) is 11.1 Å². The lowest BCUT2D eigenvalue weighted by Gasteiger charge is -2.23. The van der Waals surface area contributed by atoms with Crippen LogP contribution in [0.5, 0.6) is 0 Å². The largest absolute Gasteiger partial charge is 0.341 e. The predicted octanol–water partition coefficient (Wildman–Crippen LogP) is 9.99. The first-order valence-corrected chi connectivity index (χ1v) is 25.7. The van der Waals surface area contributed by atoms with Crippen LogP contribution < -0.4 is 10.6 Å². The second-order valence-electron chi connectivity index (χ2n) is 16.9. The number of H-pyrrole nitrogens is 1. The van der Waals surface area contributed by atoms with Crippen LogP contribution in [0.1, 0.15) is 44.9 Å². The van der Waals surface area contributed by atoms with Crippen LogP contribution in [0.3, 0.4) is 0 Å². The molecule has 2 heterocycles. The molecule has 0 amide bonds. The van der Waals surface area contributed by atoms with E-state index >= 15 is 0 Å². The number of aromatic nitrogens is 3. The van der Waals surface area contributed by atoms with Gasteiger partial charge in [0.15, 0.2) is 0 Å². The summed E-state index contributed by atoms with van der Waals surface area (Å²) in [6, 6.07) is 63.2. The zero-order valence-corrected chi connectivity index (χ0v) is 39.7. The van der Waals surface area contributed by atoms with Crippen molar-refractivity contribution in [2.45, 2.75) is 62.1 Å². The van der Waals surface area contributed by atoms with Crippen LogP contribution in [0, 0.1) is 0 Å². The molecule has 0 unspecified atom stereocenters. The van der Waals surface area contributed by atoms with Gasteiger partial charge in [0.05, 0.1) is 33.1 Å². The molecule has 0 spiro atoms. The Labute approximate surface area is 404 Å². The van der Waals surface area contributed by atoms with Gasteiger partial charge < -0.3 is 15.6 Å². The third-order valence-electron chi connectivity index (χ3n) is 11.9. The number of para-hydroxylation sites is 2. The Bertz CT molecular complexity index is 3270. The van der Waals surface area contributed by atoms with Crippen LogP contribution in [0.2, 0.25) is 0 Å². The minimum atomic E-state index is -3.87. The van der Waals surface area contributed by atoms with Crippen molar-refractivity contribution >= 4 is 31.1 Å².